The number of carbonyl (C=O) groups is 2. The standard InChI is InChI=1S/C24H36N2O3/c1-4-19(5-2)24(28)25-13-11-20(12-14-25)23-16-26(18(3)27)15-21(23)17-29-22-9-7-6-8-10-22/h6-10,19-21,23H,4-5,11-17H2,1-3H3/t21-,23-/m0/s1. The maximum Gasteiger partial charge on any atom is 0.225 e. The van der Waals surface area contributed by atoms with Crippen molar-refractivity contribution in [3.05, 3.63) is 30.3 Å². The average molecular weight is 401 g/mol. The van der Waals surface area contributed by atoms with E-state index in [0.29, 0.717) is 30.3 Å². The third-order valence-electron chi connectivity index (χ3n) is 6.94. The first-order valence-electron chi connectivity index (χ1n) is 11.3. The molecule has 0 unspecified atom stereocenters. The van der Waals surface area contributed by atoms with Crippen molar-refractivity contribution in [1.29, 1.82) is 0 Å². The summed E-state index contributed by atoms with van der Waals surface area (Å²) in [6, 6.07) is 9.91. The van der Waals surface area contributed by atoms with Crippen LogP contribution in [-0.2, 0) is 9.59 Å². The summed E-state index contributed by atoms with van der Waals surface area (Å²) in [5, 5.41) is 0. The van der Waals surface area contributed by atoms with E-state index in [9.17, 15) is 9.59 Å². The highest BCUT2D eigenvalue weighted by atomic mass is 16.5. The van der Waals surface area contributed by atoms with Crippen LogP contribution in [0.3, 0.4) is 0 Å². The smallest absolute Gasteiger partial charge is 0.225 e. The van der Waals surface area contributed by atoms with Crippen LogP contribution in [-0.4, -0.2) is 54.4 Å². The van der Waals surface area contributed by atoms with Gasteiger partial charge in [-0.25, -0.2) is 0 Å². The van der Waals surface area contributed by atoms with Crippen molar-refractivity contribution >= 4 is 11.8 Å². The summed E-state index contributed by atoms with van der Waals surface area (Å²) in [6.07, 6.45) is 3.91. The van der Waals surface area contributed by atoms with Gasteiger partial charge in [-0.1, -0.05) is 32.0 Å². The van der Waals surface area contributed by atoms with Gasteiger partial charge in [0.2, 0.25) is 11.8 Å². The van der Waals surface area contributed by atoms with Gasteiger partial charge < -0.3 is 14.5 Å². The van der Waals surface area contributed by atoms with Crippen LogP contribution in [0.15, 0.2) is 30.3 Å². The molecule has 0 N–H and O–H groups in total. The quantitative estimate of drug-likeness (QED) is 0.699. The number of rotatable bonds is 7. The lowest BCUT2D eigenvalue weighted by atomic mass is 9.78. The Balaban J connectivity index is 1.59. The number of nitrogens with zero attached hydrogens (tertiary/aromatic N) is 2. The van der Waals surface area contributed by atoms with Gasteiger partial charge in [-0.05, 0) is 49.7 Å². The Bertz CT molecular complexity index is 666. The molecule has 2 atom stereocenters. The van der Waals surface area contributed by atoms with Gasteiger partial charge in [-0.2, -0.15) is 0 Å². The topological polar surface area (TPSA) is 49.9 Å². The Labute approximate surface area is 175 Å². The molecular weight excluding hydrogens is 364 g/mol. The minimum atomic E-state index is 0.151. The van der Waals surface area contributed by atoms with E-state index in [1.165, 1.54) is 0 Å². The molecule has 0 spiro atoms. The Hall–Kier alpha value is -2.04. The molecule has 2 amide bonds. The fourth-order valence-electron chi connectivity index (χ4n) is 5.03. The highest BCUT2D eigenvalue weighted by Crippen LogP contribution is 2.36. The highest BCUT2D eigenvalue weighted by molar-refractivity contribution is 5.78. The van der Waals surface area contributed by atoms with Gasteiger partial charge in [0.25, 0.3) is 0 Å². The molecule has 1 aromatic rings. The molecule has 160 valence electrons. The first-order valence-corrected chi connectivity index (χ1v) is 11.3. The normalized spacial score (nSPS) is 22.9. The lowest BCUT2D eigenvalue weighted by Crippen LogP contribution is -2.44. The predicted molar refractivity (Wildman–Crippen MR) is 115 cm³/mol. The van der Waals surface area contributed by atoms with E-state index in [4.69, 9.17) is 4.74 Å². The molecule has 2 fully saturated rings. The Kier molecular flexibility index (Phi) is 7.57. The molecule has 2 aliphatic heterocycles. The average Bonchev–Trinajstić information content (AvgIpc) is 3.18. The molecular formula is C24H36N2O3. The minimum Gasteiger partial charge on any atom is -0.493 e. The lowest BCUT2D eigenvalue weighted by Gasteiger charge is -2.37. The Morgan fingerprint density at radius 2 is 1.69 bits per heavy atom. The van der Waals surface area contributed by atoms with E-state index in [-0.39, 0.29) is 11.8 Å². The lowest BCUT2D eigenvalue weighted by molar-refractivity contribution is -0.137. The number of hydrogen-bond acceptors (Lipinski definition) is 3. The molecule has 5 nitrogen and oxygen atoms in total. The van der Waals surface area contributed by atoms with Crippen molar-refractivity contribution < 1.29 is 14.3 Å². The molecule has 5 heteroatoms. The van der Waals surface area contributed by atoms with E-state index in [1.807, 2.05) is 35.2 Å². The molecule has 29 heavy (non-hydrogen) atoms. The zero-order valence-electron chi connectivity index (χ0n) is 18.2. The van der Waals surface area contributed by atoms with Crippen molar-refractivity contribution in [3.8, 4) is 5.75 Å². The van der Waals surface area contributed by atoms with E-state index >= 15 is 0 Å². The van der Waals surface area contributed by atoms with E-state index < -0.39 is 0 Å². The monoisotopic (exact) mass is 400 g/mol. The maximum absolute atomic E-state index is 12.7. The van der Waals surface area contributed by atoms with E-state index in [2.05, 4.69) is 18.7 Å². The zero-order valence-corrected chi connectivity index (χ0v) is 18.2. The number of piperidine rings is 1. The summed E-state index contributed by atoms with van der Waals surface area (Å²) in [6.45, 7) is 9.81. The maximum atomic E-state index is 12.7. The van der Waals surface area contributed by atoms with Gasteiger partial charge in [-0.15, -0.1) is 0 Å². The van der Waals surface area contributed by atoms with Crippen LogP contribution in [0.5, 0.6) is 5.75 Å². The Morgan fingerprint density at radius 3 is 2.28 bits per heavy atom. The van der Waals surface area contributed by atoms with Crippen LogP contribution < -0.4 is 4.74 Å². The van der Waals surface area contributed by atoms with Crippen LogP contribution in [0, 0.1) is 23.7 Å². The van der Waals surface area contributed by atoms with Crippen molar-refractivity contribution in [2.45, 2.75) is 46.5 Å². The number of benzene rings is 1. The van der Waals surface area contributed by atoms with Gasteiger partial charge >= 0.3 is 0 Å². The second-order valence-electron chi connectivity index (χ2n) is 8.65. The molecule has 0 saturated carbocycles. The molecule has 2 saturated heterocycles. The molecule has 2 aliphatic rings. The van der Waals surface area contributed by atoms with Gasteiger partial charge in [0.15, 0.2) is 0 Å². The summed E-state index contributed by atoms with van der Waals surface area (Å²) in [7, 11) is 0. The first kappa shape index (κ1) is 21.7. The number of para-hydroxylation sites is 1. The molecule has 0 aromatic heterocycles. The third kappa shape index (κ3) is 5.31. The van der Waals surface area contributed by atoms with Gasteiger partial charge in [0.1, 0.15) is 5.75 Å². The van der Waals surface area contributed by atoms with E-state index in [1.54, 1.807) is 6.92 Å². The summed E-state index contributed by atoms with van der Waals surface area (Å²) in [5.74, 6) is 2.89. The summed E-state index contributed by atoms with van der Waals surface area (Å²) in [4.78, 5) is 28.8. The van der Waals surface area contributed by atoms with Crippen molar-refractivity contribution in [3.63, 3.8) is 0 Å². The van der Waals surface area contributed by atoms with Gasteiger partial charge in [0.05, 0.1) is 6.61 Å². The first-order chi connectivity index (χ1) is 14.0. The Morgan fingerprint density at radius 1 is 1.03 bits per heavy atom. The zero-order chi connectivity index (χ0) is 20.8. The second kappa shape index (κ2) is 10.1. The number of likely N-dealkylation sites (tertiary alicyclic amines) is 2. The fourth-order valence-corrected chi connectivity index (χ4v) is 5.03. The minimum absolute atomic E-state index is 0.151. The number of hydrogen-bond donors (Lipinski definition) is 0. The van der Waals surface area contributed by atoms with Gasteiger partial charge in [0, 0.05) is 44.9 Å². The van der Waals surface area contributed by atoms with Crippen molar-refractivity contribution in [2.75, 3.05) is 32.8 Å². The fraction of sp³-hybridized carbons (Fsp3) is 0.667. The van der Waals surface area contributed by atoms with Crippen LogP contribution in [0.4, 0.5) is 0 Å². The molecule has 0 radical (unpaired) electrons. The van der Waals surface area contributed by atoms with Crippen molar-refractivity contribution in [1.82, 2.24) is 9.80 Å². The molecule has 1 aromatic carbocycles. The molecule has 0 bridgehead atoms. The SMILES string of the molecule is CCC(CC)C(=O)N1CCC([C@@H]2CN(C(C)=O)C[C@H]2COc2ccccc2)CC1. The second-order valence-corrected chi connectivity index (χ2v) is 8.65. The van der Waals surface area contributed by atoms with Crippen LogP contribution in [0.1, 0.15) is 46.5 Å². The summed E-state index contributed by atoms with van der Waals surface area (Å²) >= 11 is 0. The van der Waals surface area contributed by atoms with Gasteiger partial charge in [-0.3, -0.25) is 9.59 Å². The van der Waals surface area contributed by atoms with Crippen LogP contribution in [0.2, 0.25) is 0 Å². The third-order valence-corrected chi connectivity index (χ3v) is 6.94. The predicted octanol–water partition coefficient (Wildman–Crippen LogP) is 3.83. The number of ether oxygens (including phenoxy) is 1. The molecule has 2 heterocycles. The van der Waals surface area contributed by atoms with E-state index in [0.717, 1.165) is 57.6 Å². The largest absolute Gasteiger partial charge is 0.493 e. The highest BCUT2D eigenvalue weighted by Gasteiger charge is 2.40. The summed E-state index contributed by atoms with van der Waals surface area (Å²) < 4.78 is 6.06. The van der Waals surface area contributed by atoms with Crippen LogP contribution in [0.25, 0.3) is 0 Å². The number of amides is 2. The molecule has 0 aliphatic carbocycles. The van der Waals surface area contributed by atoms with Crippen molar-refractivity contribution in [2.24, 2.45) is 23.7 Å². The van der Waals surface area contributed by atoms with Crippen LogP contribution >= 0.6 is 0 Å². The molecule has 3 rings (SSSR count). The summed E-state index contributed by atoms with van der Waals surface area (Å²) in [5.41, 5.74) is 0. The number of carbonyl (C=O) groups excluding carboxylic acids is 2.